The van der Waals surface area contributed by atoms with Gasteiger partial charge in [-0.2, -0.15) is 0 Å². The van der Waals surface area contributed by atoms with Gasteiger partial charge in [-0.1, -0.05) is 30.3 Å². The van der Waals surface area contributed by atoms with Gasteiger partial charge in [0.1, 0.15) is 11.6 Å². The number of benzene rings is 2. The molecule has 1 unspecified atom stereocenters. The molecule has 2 rings (SSSR count). The van der Waals surface area contributed by atoms with Crippen LogP contribution >= 0.6 is 11.8 Å². The summed E-state index contributed by atoms with van der Waals surface area (Å²) in [5.74, 6) is -0.874. The zero-order valence-electron chi connectivity index (χ0n) is 13.9. The number of aliphatic carboxylic acids is 1. The first-order chi connectivity index (χ1) is 11.2. The monoisotopic (exact) mass is 347 g/mol. The van der Waals surface area contributed by atoms with Crippen LogP contribution in [0.4, 0.5) is 4.79 Å². The number of alkyl carbamates (subject to hydrolysis) is 1. The quantitative estimate of drug-likeness (QED) is 0.802. The molecule has 6 heteroatoms. The van der Waals surface area contributed by atoms with Gasteiger partial charge in [0.25, 0.3) is 0 Å². The van der Waals surface area contributed by atoms with Crippen molar-refractivity contribution in [2.24, 2.45) is 0 Å². The van der Waals surface area contributed by atoms with Crippen molar-refractivity contribution in [3.8, 4) is 0 Å². The van der Waals surface area contributed by atoms with Crippen molar-refractivity contribution in [3.05, 3.63) is 42.5 Å². The minimum absolute atomic E-state index is 0.215. The number of nitrogens with one attached hydrogen (secondary N) is 1. The summed E-state index contributed by atoms with van der Waals surface area (Å²) < 4.78 is 5.11. The van der Waals surface area contributed by atoms with E-state index in [4.69, 9.17) is 4.74 Å². The average molecular weight is 347 g/mol. The van der Waals surface area contributed by atoms with E-state index in [2.05, 4.69) is 5.32 Å². The summed E-state index contributed by atoms with van der Waals surface area (Å²) in [5, 5.41) is 13.9. The van der Waals surface area contributed by atoms with Crippen molar-refractivity contribution >= 4 is 34.6 Å². The number of hydrogen-bond donors (Lipinski definition) is 2. The predicted molar refractivity (Wildman–Crippen MR) is 95.5 cm³/mol. The van der Waals surface area contributed by atoms with Gasteiger partial charge in [0.15, 0.2) is 0 Å². The first-order valence-corrected chi connectivity index (χ1v) is 8.57. The molecule has 0 spiro atoms. The van der Waals surface area contributed by atoms with E-state index in [9.17, 15) is 14.7 Å². The summed E-state index contributed by atoms with van der Waals surface area (Å²) in [6.07, 6.45) is -0.728. The summed E-state index contributed by atoms with van der Waals surface area (Å²) in [6, 6.07) is 12.9. The van der Waals surface area contributed by atoms with Gasteiger partial charge in [-0.15, -0.1) is 11.8 Å². The van der Waals surface area contributed by atoms with E-state index in [0.717, 1.165) is 15.7 Å². The zero-order valence-corrected chi connectivity index (χ0v) is 14.7. The van der Waals surface area contributed by atoms with Gasteiger partial charge in [0.2, 0.25) is 0 Å². The van der Waals surface area contributed by atoms with E-state index in [-0.39, 0.29) is 5.75 Å². The molecule has 1 atom stereocenters. The summed E-state index contributed by atoms with van der Waals surface area (Å²) in [6.45, 7) is 5.19. The highest BCUT2D eigenvalue weighted by molar-refractivity contribution is 7.99. The molecule has 0 fully saturated rings. The highest BCUT2D eigenvalue weighted by Gasteiger charge is 2.24. The second-order valence-electron chi connectivity index (χ2n) is 6.36. The van der Waals surface area contributed by atoms with Crippen LogP contribution in [-0.4, -0.2) is 34.6 Å². The smallest absolute Gasteiger partial charge is 0.408 e. The van der Waals surface area contributed by atoms with Crippen LogP contribution in [0, 0.1) is 0 Å². The summed E-state index contributed by atoms with van der Waals surface area (Å²) in [4.78, 5) is 24.1. The lowest BCUT2D eigenvalue weighted by Gasteiger charge is -2.21. The number of rotatable bonds is 5. The predicted octanol–water partition coefficient (Wildman–Crippen LogP) is 3.91. The summed E-state index contributed by atoms with van der Waals surface area (Å²) >= 11 is 1.38. The van der Waals surface area contributed by atoms with Gasteiger partial charge in [0.05, 0.1) is 0 Å². The normalized spacial score (nSPS) is 12.6. The Kier molecular flexibility index (Phi) is 5.72. The molecule has 0 aromatic heterocycles. The molecule has 0 saturated heterocycles. The Labute approximate surface area is 145 Å². The molecule has 0 heterocycles. The summed E-state index contributed by atoms with van der Waals surface area (Å²) in [7, 11) is 0. The lowest BCUT2D eigenvalue weighted by molar-refractivity contribution is -0.138. The van der Waals surface area contributed by atoms with Gasteiger partial charge >= 0.3 is 12.1 Å². The number of thioether (sulfide) groups is 1. The maximum atomic E-state index is 11.8. The molecule has 0 saturated carbocycles. The minimum atomic E-state index is -1.09. The van der Waals surface area contributed by atoms with Crippen molar-refractivity contribution in [1.29, 1.82) is 0 Å². The van der Waals surface area contributed by atoms with Crippen LogP contribution in [0.1, 0.15) is 20.8 Å². The Bertz CT molecular complexity index is 739. The number of carbonyl (C=O) groups is 2. The molecule has 0 aliphatic rings. The topological polar surface area (TPSA) is 75.6 Å². The van der Waals surface area contributed by atoms with Crippen LogP contribution < -0.4 is 5.32 Å². The number of carbonyl (C=O) groups excluding carboxylic acids is 1. The van der Waals surface area contributed by atoms with Gasteiger partial charge in [0, 0.05) is 10.6 Å². The van der Waals surface area contributed by atoms with Crippen LogP contribution in [0.15, 0.2) is 47.4 Å². The lowest BCUT2D eigenvalue weighted by Crippen LogP contribution is -2.44. The Morgan fingerprint density at radius 2 is 1.83 bits per heavy atom. The molecule has 0 aliphatic heterocycles. The average Bonchev–Trinajstić information content (AvgIpc) is 2.49. The number of carboxylic acids is 1. The van der Waals surface area contributed by atoms with E-state index in [0.29, 0.717) is 0 Å². The van der Waals surface area contributed by atoms with E-state index >= 15 is 0 Å². The van der Waals surface area contributed by atoms with Crippen LogP contribution in [0.2, 0.25) is 0 Å². The first-order valence-electron chi connectivity index (χ1n) is 7.58. The molecule has 0 bridgehead atoms. The van der Waals surface area contributed by atoms with Crippen molar-refractivity contribution in [2.45, 2.75) is 37.3 Å². The Hall–Kier alpha value is -2.21. The minimum Gasteiger partial charge on any atom is -0.480 e. The fourth-order valence-corrected chi connectivity index (χ4v) is 3.02. The van der Waals surface area contributed by atoms with Crippen LogP contribution in [0.25, 0.3) is 10.8 Å². The van der Waals surface area contributed by atoms with E-state index in [1.54, 1.807) is 20.8 Å². The third-order valence-electron chi connectivity index (χ3n) is 3.13. The van der Waals surface area contributed by atoms with Crippen LogP contribution in [0.3, 0.4) is 0 Å². The number of fused-ring (bicyclic) bond motifs is 1. The van der Waals surface area contributed by atoms with Crippen LogP contribution in [-0.2, 0) is 9.53 Å². The molecule has 0 radical (unpaired) electrons. The maximum Gasteiger partial charge on any atom is 0.408 e. The molecule has 2 aromatic carbocycles. The molecule has 24 heavy (non-hydrogen) atoms. The van der Waals surface area contributed by atoms with E-state index in [1.807, 2.05) is 42.5 Å². The highest BCUT2D eigenvalue weighted by Crippen LogP contribution is 2.24. The van der Waals surface area contributed by atoms with Gasteiger partial charge in [-0.25, -0.2) is 9.59 Å². The summed E-state index contributed by atoms with van der Waals surface area (Å²) in [5.41, 5.74) is -0.668. The second kappa shape index (κ2) is 7.57. The fraction of sp³-hybridized carbons (Fsp3) is 0.333. The Balaban J connectivity index is 1.99. The van der Waals surface area contributed by atoms with Crippen molar-refractivity contribution < 1.29 is 19.4 Å². The third kappa shape index (κ3) is 5.45. The third-order valence-corrected chi connectivity index (χ3v) is 4.21. The number of hydrogen-bond acceptors (Lipinski definition) is 4. The maximum absolute atomic E-state index is 11.8. The zero-order chi connectivity index (χ0) is 17.7. The first kappa shape index (κ1) is 18.1. The SMILES string of the molecule is CC(C)(C)OC(=O)NC(CSc1ccc2ccccc2c1)C(=O)O. The Morgan fingerprint density at radius 3 is 2.46 bits per heavy atom. The molecule has 1 amide bonds. The van der Waals surface area contributed by atoms with E-state index in [1.165, 1.54) is 11.8 Å². The molecular formula is C18H21NO4S. The molecule has 2 N–H and O–H groups in total. The van der Waals surface area contributed by atoms with Crippen molar-refractivity contribution in [1.82, 2.24) is 5.32 Å². The molecule has 128 valence electrons. The van der Waals surface area contributed by atoms with Crippen LogP contribution in [0.5, 0.6) is 0 Å². The second-order valence-corrected chi connectivity index (χ2v) is 7.45. The lowest BCUT2D eigenvalue weighted by atomic mass is 10.1. The number of amides is 1. The highest BCUT2D eigenvalue weighted by atomic mass is 32.2. The standard InChI is InChI=1S/C18H21NO4S/c1-18(2,3)23-17(22)19-15(16(20)21)11-24-14-9-8-12-6-4-5-7-13(12)10-14/h4-10,15H,11H2,1-3H3,(H,19,22)(H,20,21). The van der Waals surface area contributed by atoms with Gasteiger partial charge in [-0.05, 0) is 43.7 Å². The number of carboxylic acid groups (broad SMARTS) is 1. The van der Waals surface area contributed by atoms with Crippen molar-refractivity contribution in [3.63, 3.8) is 0 Å². The molecule has 2 aromatic rings. The molecular weight excluding hydrogens is 326 g/mol. The van der Waals surface area contributed by atoms with Crippen molar-refractivity contribution in [2.75, 3.05) is 5.75 Å². The largest absolute Gasteiger partial charge is 0.480 e. The molecule has 5 nitrogen and oxygen atoms in total. The van der Waals surface area contributed by atoms with Gasteiger partial charge in [-0.3, -0.25) is 0 Å². The number of ether oxygens (including phenoxy) is 1. The fourth-order valence-electron chi connectivity index (χ4n) is 2.06. The van der Waals surface area contributed by atoms with Gasteiger partial charge < -0.3 is 15.2 Å². The molecule has 0 aliphatic carbocycles. The Morgan fingerprint density at radius 1 is 1.17 bits per heavy atom. The van der Waals surface area contributed by atoms with E-state index < -0.39 is 23.7 Å².